The quantitative estimate of drug-likeness (QED) is 0.624. The molecule has 0 heterocycles. The van der Waals surface area contributed by atoms with Gasteiger partial charge in [0.05, 0.1) is 12.7 Å². The number of nitriles is 1. The van der Waals surface area contributed by atoms with E-state index in [9.17, 15) is 0 Å². The Kier molecular flexibility index (Phi) is 3.34. The predicted octanol–water partition coefficient (Wildman–Crippen LogP) is 0.510. The van der Waals surface area contributed by atoms with E-state index in [0.717, 1.165) is 0 Å². The lowest BCUT2D eigenvalue weighted by molar-refractivity contribution is 0.0972. The first kappa shape index (κ1) is 9.41. The first-order valence-electron chi connectivity index (χ1n) is 3.18. The van der Waals surface area contributed by atoms with Crippen molar-refractivity contribution < 1.29 is 4.74 Å². The molecule has 0 aliphatic rings. The highest BCUT2D eigenvalue weighted by atomic mass is 16.5. The molecule has 0 aromatic rings. The van der Waals surface area contributed by atoms with Crippen molar-refractivity contribution in [3.8, 4) is 6.07 Å². The van der Waals surface area contributed by atoms with Crippen LogP contribution in [-0.2, 0) is 4.74 Å². The van der Waals surface area contributed by atoms with E-state index in [-0.39, 0.29) is 5.41 Å². The zero-order valence-electron chi connectivity index (χ0n) is 6.72. The van der Waals surface area contributed by atoms with E-state index < -0.39 is 6.04 Å². The average Bonchev–Trinajstić information content (AvgIpc) is 1.86. The number of methoxy groups -OCH3 is 1. The van der Waals surface area contributed by atoms with Crippen LogP contribution in [0.25, 0.3) is 0 Å². The molecule has 58 valence electrons. The maximum absolute atomic E-state index is 8.47. The van der Waals surface area contributed by atoms with Crippen LogP contribution in [0.5, 0.6) is 0 Å². The first-order chi connectivity index (χ1) is 4.54. The van der Waals surface area contributed by atoms with Crippen molar-refractivity contribution in [1.29, 1.82) is 5.26 Å². The zero-order chi connectivity index (χ0) is 8.20. The van der Waals surface area contributed by atoms with Gasteiger partial charge in [-0.05, 0) is 0 Å². The van der Waals surface area contributed by atoms with Gasteiger partial charge in [-0.3, -0.25) is 0 Å². The molecule has 0 saturated carbocycles. The molecular weight excluding hydrogens is 128 g/mol. The maximum atomic E-state index is 8.47. The highest BCUT2D eigenvalue weighted by Crippen LogP contribution is 2.18. The van der Waals surface area contributed by atoms with Crippen LogP contribution in [0.15, 0.2) is 0 Å². The minimum atomic E-state index is -0.451. The summed E-state index contributed by atoms with van der Waals surface area (Å²) in [7, 11) is 1.60. The number of ether oxygens (including phenoxy) is 1. The summed E-state index contributed by atoms with van der Waals surface area (Å²) in [4.78, 5) is 0. The fourth-order valence-electron chi connectivity index (χ4n) is 0.637. The molecule has 0 saturated heterocycles. The van der Waals surface area contributed by atoms with Crippen LogP contribution in [0.4, 0.5) is 0 Å². The molecule has 1 atom stereocenters. The van der Waals surface area contributed by atoms with Crippen molar-refractivity contribution in [3.63, 3.8) is 0 Å². The summed E-state index contributed by atoms with van der Waals surface area (Å²) in [5.41, 5.74) is 5.25. The van der Waals surface area contributed by atoms with E-state index in [1.165, 1.54) is 0 Å². The largest absolute Gasteiger partial charge is 0.384 e. The number of hydrogen-bond acceptors (Lipinski definition) is 3. The van der Waals surface area contributed by atoms with Crippen molar-refractivity contribution >= 4 is 0 Å². The second kappa shape index (κ2) is 3.55. The Morgan fingerprint density at radius 1 is 1.70 bits per heavy atom. The smallest absolute Gasteiger partial charge is 0.100 e. The number of rotatable bonds is 3. The molecule has 2 N–H and O–H groups in total. The molecule has 0 aliphatic carbocycles. The van der Waals surface area contributed by atoms with Gasteiger partial charge in [-0.15, -0.1) is 0 Å². The normalized spacial score (nSPS) is 14.3. The lowest BCUT2D eigenvalue weighted by Crippen LogP contribution is -2.39. The molecule has 0 amide bonds. The van der Waals surface area contributed by atoms with Gasteiger partial charge < -0.3 is 10.5 Å². The van der Waals surface area contributed by atoms with Crippen LogP contribution in [0, 0.1) is 16.7 Å². The van der Waals surface area contributed by atoms with Crippen LogP contribution in [0.2, 0.25) is 0 Å². The Hall–Kier alpha value is -0.590. The third kappa shape index (κ3) is 2.34. The van der Waals surface area contributed by atoms with Gasteiger partial charge in [0.1, 0.15) is 6.04 Å². The molecule has 1 unspecified atom stereocenters. The minimum absolute atomic E-state index is 0.247. The number of nitrogens with zero attached hydrogens (tertiary/aromatic N) is 1. The molecule has 0 rings (SSSR count). The highest BCUT2D eigenvalue weighted by molar-refractivity contribution is 4.97. The Morgan fingerprint density at radius 3 is 2.50 bits per heavy atom. The lowest BCUT2D eigenvalue weighted by Gasteiger charge is -2.25. The number of hydrogen-bond donors (Lipinski definition) is 1. The van der Waals surface area contributed by atoms with Gasteiger partial charge in [-0.1, -0.05) is 13.8 Å². The summed E-state index contributed by atoms with van der Waals surface area (Å²) in [5, 5.41) is 8.47. The summed E-state index contributed by atoms with van der Waals surface area (Å²) in [6, 6.07) is 1.54. The Labute approximate surface area is 61.8 Å². The van der Waals surface area contributed by atoms with Gasteiger partial charge in [-0.25, -0.2) is 0 Å². The average molecular weight is 142 g/mol. The summed E-state index contributed by atoms with van der Waals surface area (Å²) < 4.78 is 4.90. The van der Waals surface area contributed by atoms with Gasteiger partial charge in [0.2, 0.25) is 0 Å². The molecular formula is C7H14N2O. The minimum Gasteiger partial charge on any atom is -0.384 e. The van der Waals surface area contributed by atoms with Crippen molar-refractivity contribution in [2.75, 3.05) is 13.7 Å². The van der Waals surface area contributed by atoms with E-state index in [4.69, 9.17) is 15.7 Å². The molecule has 0 aromatic carbocycles. The summed E-state index contributed by atoms with van der Waals surface area (Å²) >= 11 is 0. The number of nitrogens with two attached hydrogens (primary N) is 1. The Bertz CT molecular complexity index is 137. The van der Waals surface area contributed by atoms with Gasteiger partial charge >= 0.3 is 0 Å². The van der Waals surface area contributed by atoms with Crippen molar-refractivity contribution in [2.45, 2.75) is 19.9 Å². The third-order valence-electron chi connectivity index (χ3n) is 1.50. The summed E-state index contributed by atoms with van der Waals surface area (Å²) in [6.45, 7) is 4.33. The molecule has 0 aliphatic heterocycles. The van der Waals surface area contributed by atoms with Crippen LogP contribution in [0.1, 0.15) is 13.8 Å². The van der Waals surface area contributed by atoms with Crippen LogP contribution >= 0.6 is 0 Å². The van der Waals surface area contributed by atoms with Crippen molar-refractivity contribution in [1.82, 2.24) is 0 Å². The molecule has 10 heavy (non-hydrogen) atoms. The SMILES string of the molecule is COCC(C)(C)C(N)C#N. The summed E-state index contributed by atoms with van der Waals surface area (Å²) in [6.07, 6.45) is 0. The second-order valence-corrected chi connectivity index (χ2v) is 3.03. The standard InChI is InChI=1S/C7H14N2O/c1-7(2,5-10-3)6(9)4-8/h6H,5,9H2,1-3H3. The predicted molar refractivity (Wildman–Crippen MR) is 39.2 cm³/mol. The lowest BCUT2D eigenvalue weighted by atomic mass is 9.87. The van der Waals surface area contributed by atoms with E-state index >= 15 is 0 Å². The molecule has 3 heteroatoms. The van der Waals surface area contributed by atoms with Gasteiger partial charge in [0, 0.05) is 12.5 Å². The molecule has 3 nitrogen and oxygen atoms in total. The van der Waals surface area contributed by atoms with Crippen molar-refractivity contribution in [2.24, 2.45) is 11.1 Å². The third-order valence-corrected chi connectivity index (χ3v) is 1.50. The van der Waals surface area contributed by atoms with E-state index in [1.54, 1.807) is 7.11 Å². The van der Waals surface area contributed by atoms with Crippen LogP contribution in [-0.4, -0.2) is 19.8 Å². The molecule has 0 spiro atoms. The fourth-order valence-corrected chi connectivity index (χ4v) is 0.637. The topological polar surface area (TPSA) is 59.0 Å². The van der Waals surface area contributed by atoms with Crippen LogP contribution < -0.4 is 5.73 Å². The van der Waals surface area contributed by atoms with Crippen molar-refractivity contribution in [3.05, 3.63) is 0 Å². The van der Waals surface area contributed by atoms with E-state index in [0.29, 0.717) is 6.61 Å². The fraction of sp³-hybridized carbons (Fsp3) is 0.857. The highest BCUT2D eigenvalue weighted by Gasteiger charge is 2.25. The molecule has 0 fully saturated rings. The maximum Gasteiger partial charge on any atom is 0.100 e. The zero-order valence-corrected chi connectivity index (χ0v) is 6.72. The van der Waals surface area contributed by atoms with Gasteiger partial charge in [-0.2, -0.15) is 5.26 Å². The monoisotopic (exact) mass is 142 g/mol. The summed E-state index contributed by atoms with van der Waals surface area (Å²) in [5.74, 6) is 0. The van der Waals surface area contributed by atoms with Gasteiger partial charge in [0.15, 0.2) is 0 Å². The molecule has 0 radical (unpaired) electrons. The molecule has 0 aromatic heterocycles. The second-order valence-electron chi connectivity index (χ2n) is 3.03. The Balaban J connectivity index is 3.99. The van der Waals surface area contributed by atoms with Crippen LogP contribution in [0.3, 0.4) is 0 Å². The molecule has 0 bridgehead atoms. The Morgan fingerprint density at radius 2 is 2.20 bits per heavy atom. The first-order valence-corrected chi connectivity index (χ1v) is 3.18. The van der Waals surface area contributed by atoms with E-state index in [2.05, 4.69) is 0 Å². The van der Waals surface area contributed by atoms with Gasteiger partial charge in [0.25, 0.3) is 0 Å². The van der Waals surface area contributed by atoms with E-state index in [1.807, 2.05) is 19.9 Å².